The molecule has 0 bridgehead atoms. The highest BCUT2D eigenvalue weighted by Crippen LogP contribution is 1.88. The molecule has 0 aliphatic heterocycles. The van der Waals surface area contributed by atoms with Crippen LogP contribution in [0.3, 0.4) is 0 Å². The zero-order valence-electron chi connectivity index (χ0n) is 4.09. The molecule has 7 heavy (non-hydrogen) atoms. The van der Waals surface area contributed by atoms with Gasteiger partial charge >= 0.3 is 7.12 Å². The molecule has 0 aromatic carbocycles. The number of hydrogen-bond donors (Lipinski definition) is 2. The van der Waals surface area contributed by atoms with Crippen LogP contribution in [0.4, 0.5) is 0 Å². The molecular weight excluding hydrogens is 94.8 g/mol. The van der Waals surface area contributed by atoms with Crippen LogP contribution in [-0.4, -0.2) is 24.3 Å². The lowest BCUT2D eigenvalue weighted by molar-refractivity contribution is 0.283. The van der Waals surface area contributed by atoms with Crippen molar-refractivity contribution in [3.05, 3.63) is 12.2 Å². The first-order chi connectivity index (χ1) is 3.18. The van der Waals surface area contributed by atoms with Crippen LogP contribution < -0.4 is 0 Å². The molecule has 0 saturated carbocycles. The summed E-state index contributed by atoms with van der Waals surface area (Å²) in [7, 11) is -0.230. The van der Waals surface area contributed by atoms with Gasteiger partial charge in [0.15, 0.2) is 0 Å². The van der Waals surface area contributed by atoms with Crippen molar-refractivity contribution in [1.29, 1.82) is 0 Å². The van der Waals surface area contributed by atoms with Crippen molar-refractivity contribution in [2.75, 3.05) is 7.11 Å². The molecule has 0 radical (unpaired) electrons. The number of rotatable bonds is 2. The highest BCUT2D eigenvalue weighted by molar-refractivity contribution is 6.49. The van der Waals surface area contributed by atoms with Crippen LogP contribution in [0.2, 0.25) is 0 Å². The maximum Gasteiger partial charge on any atom is 0.525 e. The molecule has 0 unspecified atom stereocenters. The van der Waals surface area contributed by atoms with E-state index < -0.39 is 7.12 Å². The number of hydrogen-bond acceptors (Lipinski definition) is 3. The van der Waals surface area contributed by atoms with Crippen molar-refractivity contribution < 1.29 is 14.8 Å². The van der Waals surface area contributed by atoms with E-state index >= 15 is 0 Å². The lowest BCUT2D eigenvalue weighted by Crippen LogP contribution is -2.15. The predicted molar refractivity (Wildman–Crippen MR) is 26.3 cm³/mol. The van der Waals surface area contributed by atoms with Crippen LogP contribution in [-0.2, 0) is 4.74 Å². The van der Waals surface area contributed by atoms with E-state index in [1.807, 2.05) is 0 Å². The molecule has 0 spiro atoms. The van der Waals surface area contributed by atoms with Crippen molar-refractivity contribution in [2.45, 2.75) is 0 Å². The normalized spacial score (nSPS) is 7.86. The molecule has 0 amide bonds. The first-order valence-corrected chi connectivity index (χ1v) is 1.77. The van der Waals surface area contributed by atoms with Gasteiger partial charge in [-0.3, -0.25) is 0 Å². The van der Waals surface area contributed by atoms with Gasteiger partial charge in [0.1, 0.15) is 5.66 Å². The summed E-state index contributed by atoms with van der Waals surface area (Å²) in [5, 5.41) is 16.3. The fourth-order valence-corrected chi connectivity index (χ4v) is 0.105. The summed E-state index contributed by atoms with van der Waals surface area (Å²) >= 11 is 0. The van der Waals surface area contributed by atoms with E-state index in [2.05, 4.69) is 11.3 Å². The standard InChI is InChI=1S/C3H7BO3/c1-3(7-2)4(5)6/h5-6H,1H2,2H3. The van der Waals surface area contributed by atoms with E-state index in [4.69, 9.17) is 10.0 Å². The maximum atomic E-state index is 8.15. The summed E-state index contributed by atoms with van der Waals surface area (Å²) < 4.78 is 4.32. The summed E-state index contributed by atoms with van der Waals surface area (Å²) in [6, 6.07) is 0. The first kappa shape index (κ1) is 6.52. The lowest BCUT2D eigenvalue weighted by atomic mass is 9.90. The molecule has 0 aliphatic rings. The Hall–Kier alpha value is -0.475. The Morgan fingerprint density at radius 1 is 1.71 bits per heavy atom. The summed E-state index contributed by atoms with van der Waals surface area (Å²) in [5.41, 5.74) is -0.0417. The van der Waals surface area contributed by atoms with Gasteiger partial charge in [-0.05, 0) is 0 Å². The molecule has 0 fully saturated rings. The van der Waals surface area contributed by atoms with Gasteiger partial charge in [-0.25, -0.2) is 0 Å². The molecule has 0 aromatic heterocycles. The fraction of sp³-hybridized carbons (Fsp3) is 0.333. The van der Waals surface area contributed by atoms with Crippen LogP contribution in [0.25, 0.3) is 0 Å². The Balaban J connectivity index is 3.35. The summed E-state index contributed by atoms with van der Waals surface area (Å²) in [6.45, 7) is 3.15. The molecule has 0 aliphatic carbocycles. The van der Waals surface area contributed by atoms with E-state index in [-0.39, 0.29) is 5.66 Å². The molecular formula is C3H7BO3. The molecule has 4 heteroatoms. The lowest BCUT2D eigenvalue weighted by Gasteiger charge is -1.98. The minimum absolute atomic E-state index is 0.0417. The third-order valence-corrected chi connectivity index (χ3v) is 0.550. The Morgan fingerprint density at radius 3 is 2.14 bits per heavy atom. The van der Waals surface area contributed by atoms with Gasteiger partial charge < -0.3 is 14.8 Å². The summed E-state index contributed by atoms with van der Waals surface area (Å²) in [4.78, 5) is 0. The molecule has 0 aromatic rings. The molecule has 0 rings (SSSR count). The second-order valence-corrected chi connectivity index (χ2v) is 1.04. The third kappa shape index (κ3) is 2.25. The number of methoxy groups -OCH3 is 1. The first-order valence-electron chi connectivity index (χ1n) is 1.77. The third-order valence-electron chi connectivity index (χ3n) is 0.550. The molecule has 2 N–H and O–H groups in total. The Bertz CT molecular complexity index is 70.6. The second kappa shape index (κ2) is 2.66. The van der Waals surface area contributed by atoms with Gasteiger partial charge in [0, 0.05) is 0 Å². The van der Waals surface area contributed by atoms with Gasteiger partial charge in [0.05, 0.1) is 7.11 Å². The zero-order chi connectivity index (χ0) is 5.86. The van der Waals surface area contributed by atoms with Crippen molar-refractivity contribution in [3.8, 4) is 0 Å². The Labute approximate surface area is 42.4 Å². The number of ether oxygens (including phenoxy) is 1. The van der Waals surface area contributed by atoms with Crippen LogP contribution in [0.5, 0.6) is 0 Å². The molecule has 0 saturated heterocycles. The van der Waals surface area contributed by atoms with E-state index in [0.29, 0.717) is 0 Å². The Kier molecular flexibility index (Phi) is 2.48. The minimum Gasteiger partial charge on any atom is -0.505 e. The van der Waals surface area contributed by atoms with Crippen molar-refractivity contribution in [1.82, 2.24) is 0 Å². The average Bonchev–Trinajstić information content (AvgIpc) is 1.65. The molecule has 0 atom stereocenters. The van der Waals surface area contributed by atoms with Crippen molar-refractivity contribution >= 4 is 7.12 Å². The minimum atomic E-state index is -1.55. The zero-order valence-corrected chi connectivity index (χ0v) is 4.09. The highest BCUT2D eigenvalue weighted by atomic mass is 16.5. The highest BCUT2D eigenvalue weighted by Gasteiger charge is 2.10. The van der Waals surface area contributed by atoms with Gasteiger partial charge in [0.25, 0.3) is 0 Å². The predicted octanol–water partition coefficient (Wildman–Crippen LogP) is -0.842. The van der Waals surface area contributed by atoms with Gasteiger partial charge in [-0.2, -0.15) is 0 Å². The maximum absolute atomic E-state index is 8.15. The van der Waals surface area contributed by atoms with Crippen LogP contribution >= 0.6 is 0 Å². The van der Waals surface area contributed by atoms with Crippen molar-refractivity contribution in [3.63, 3.8) is 0 Å². The van der Waals surface area contributed by atoms with E-state index in [1.54, 1.807) is 0 Å². The van der Waals surface area contributed by atoms with Gasteiger partial charge in [-0.1, -0.05) is 6.58 Å². The fourth-order valence-electron chi connectivity index (χ4n) is 0.105. The quantitative estimate of drug-likeness (QED) is 0.353. The van der Waals surface area contributed by atoms with E-state index in [9.17, 15) is 0 Å². The van der Waals surface area contributed by atoms with Crippen LogP contribution in [0.15, 0.2) is 12.2 Å². The van der Waals surface area contributed by atoms with Crippen LogP contribution in [0.1, 0.15) is 0 Å². The SMILES string of the molecule is C=C(OC)B(O)O. The summed E-state index contributed by atoms with van der Waals surface area (Å²) in [6.07, 6.45) is 0. The van der Waals surface area contributed by atoms with E-state index in [0.717, 1.165) is 0 Å². The molecule has 3 nitrogen and oxygen atoms in total. The van der Waals surface area contributed by atoms with Crippen molar-refractivity contribution in [2.24, 2.45) is 0 Å². The average molecular weight is 102 g/mol. The van der Waals surface area contributed by atoms with E-state index in [1.165, 1.54) is 7.11 Å². The largest absolute Gasteiger partial charge is 0.525 e. The molecule has 0 heterocycles. The summed E-state index contributed by atoms with van der Waals surface area (Å²) in [5.74, 6) is 0. The smallest absolute Gasteiger partial charge is 0.505 e. The van der Waals surface area contributed by atoms with Crippen LogP contribution in [0, 0.1) is 0 Å². The van der Waals surface area contributed by atoms with Gasteiger partial charge in [0.2, 0.25) is 0 Å². The van der Waals surface area contributed by atoms with Gasteiger partial charge in [-0.15, -0.1) is 0 Å². The second-order valence-electron chi connectivity index (χ2n) is 1.04. The molecule has 40 valence electrons. The Morgan fingerprint density at radius 2 is 2.14 bits per heavy atom. The topological polar surface area (TPSA) is 49.7 Å². The monoisotopic (exact) mass is 102 g/mol.